The fourth-order valence-electron chi connectivity index (χ4n) is 3.54. The van der Waals surface area contributed by atoms with E-state index in [9.17, 15) is 9.18 Å². The first-order chi connectivity index (χ1) is 14.2. The molecule has 29 heavy (non-hydrogen) atoms. The second-order valence-corrected chi connectivity index (χ2v) is 6.90. The van der Waals surface area contributed by atoms with Crippen LogP contribution in [-0.2, 0) is 13.0 Å². The number of rotatable bonds is 3. The van der Waals surface area contributed by atoms with E-state index in [-0.39, 0.29) is 11.7 Å². The quantitative estimate of drug-likeness (QED) is 0.731. The third-order valence-electron chi connectivity index (χ3n) is 4.99. The molecule has 3 aromatic rings. The van der Waals surface area contributed by atoms with Crippen molar-refractivity contribution in [2.45, 2.75) is 13.0 Å². The highest BCUT2D eigenvalue weighted by Gasteiger charge is 2.28. The predicted molar refractivity (Wildman–Crippen MR) is 102 cm³/mol. The summed E-state index contributed by atoms with van der Waals surface area (Å²) in [4.78, 5) is 14.8. The molecule has 3 heterocycles. The fourth-order valence-corrected chi connectivity index (χ4v) is 3.54. The molecule has 0 radical (unpaired) electrons. The second kappa shape index (κ2) is 7.12. The molecule has 0 atom stereocenters. The van der Waals surface area contributed by atoms with Crippen molar-refractivity contribution in [1.82, 2.24) is 10.1 Å². The topological polar surface area (TPSA) is 76.8 Å². The number of fused-ring (bicyclic) bond motifs is 2. The van der Waals surface area contributed by atoms with E-state index >= 15 is 0 Å². The van der Waals surface area contributed by atoms with Crippen LogP contribution in [0.1, 0.15) is 21.7 Å². The minimum absolute atomic E-state index is 0.106. The number of carbonyl (C=O) groups excluding carboxylic acids is 1. The molecule has 1 N–H and O–H groups in total. The van der Waals surface area contributed by atoms with Gasteiger partial charge in [0.25, 0.3) is 5.91 Å². The Labute approximate surface area is 166 Å². The molecule has 8 heteroatoms. The summed E-state index contributed by atoms with van der Waals surface area (Å²) in [5, 5.41) is 7.14. The summed E-state index contributed by atoms with van der Waals surface area (Å²) < 4.78 is 30.0. The number of carbonyl (C=O) groups is 1. The molecule has 0 saturated carbocycles. The summed E-state index contributed by atoms with van der Waals surface area (Å²) in [7, 11) is 0. The molecule has 0 fully saturated rings. The van der Waals surface area contributed by atoms with Crippen molar-refractivity contribution >= 4 is 17.4 Å². The largest absolute Gasteiger partial charge is 0.486 e. The molecule has 0 bridgehead atoms. The number of halogens is 1. The summed E-state index contributed by atoms with van der Waals surface area (Å²) in [5.41, 5.74) is 1.90. The minimum Gasteiger partial charge on any atom is -0.486 e. The predicted octanol–water partition coefficient (Wildman–Crippen LogP) is 3.53. The molecule has 5 rings (SSSR count). The van der Waals surface area contributed by atoms with Crippen LogP contribution >= 0.6 is 0 Å². The zero-order valence-electron chi connectivity index (χ0n) is 15.5. The molecule has 0 aliphatic carbocycles. The van der Waals surface area contributed by atoms with Crippen LogP contribution in [0.3, 0.4) is 0 Å². The van der Waals surface area contributed by atoms with Gasteiger partial charge in [0.15, 0.2) is 17.3 Å². The van der Waals surface area contributed by atoms with Gasteiger partial charge >= 0.3 is 0 Å². The third kappa shape index (κ3) is 3.37. The van der Waals surface area contributed by atoms with Crippen molar-refractivity contribution in [3.8, 4) is 11.5 Å². The molecule has 0 unspecified atom stereocenters. The van der Waals surface area contributed by atoms with E-state index in [1.807, 2.05) is 0 Å². The number of aromatic nitrogens is 1. The van der Waals surface area contributed by atoms with E-state index in [0.717, 1.165) is 11.3 Å². The van der Waals surface area contributed by atoms with Crippen LogP contribution in [-0.4, -0.2) is 35.7 Å². The zero-order chi connectivity index (χ0) is 19.8. The van der Waals surface area contributed by atoms with Gasteiger partial charge < -0.3 is 24.2 Å². The third-order valence-corrected chi connectivity index (χ3v) is 4.99. The summed E-state index contributed by atoms with van der Waals surface area (Å²) in [6, 6.07) is 11.3. The lowest BCUT2D eigenvalue weighted by molar-refractivity contribution is 0.0728. The summed E-state index contributed by atoms with van der Waals surface area (Å²) >= 11 is 0. The molecule has 2 aliphatic heterocycles. The molecule has 1 aromatic heterocycles. The van der Waals surface area contributed by atoms with Crippen LogP contribution in [0.2, 0.25) is 0 Å². The fraction of sp³-hybridized carbons (Fsp3) is 0.238. The van der Waals surface area contributed by atoms with Gasteiger partial charge in [-0.3, -0.25) is 4.79 Å². The van der Waals surface area contributed by atoms with Gasteiger partial charge in [0, 0.05) is 24.2 Å². The van der Waals surface area contributed by atoms with E-state index < -0.39 is 0 Å². The molecule has 2 aliphatic rings. The number of hydrogen-bond acceptors (Lipinski definition) is 6. The van der Waals surface area contributed by atoms with Crippen molar-refractivity contribution in [2.24, 2.45) is 0 Å². The highest BCUT2D eigenvalue weighted by Crippen LogP contribution is 2.33. The lowest BCUT2D eigenvalue weighted by Gasteiger charge is -2.27. The Morgan fingerprint density at radius 3 is 2.83 bits per heavy atom. The first-order valence-electron chi connectivity index (χ1n) is 9.36. The maximum absolute atomic E-state index is 13.5. The minimum atomic E-state index is -0.345. The van der Waals surface area contributed by atoms with Crippen molar-refractivity contribution in [3.05, 3.63) is 65.2 Å². The van der Waals surface area contributed by atoms with Gasteiger partial charge in [0.1, 0.15) is 24.8 Å². The standard InChI is InChI=1S/C21H18FN3O4/c22-14-2-1-3-15(11-14)23-20-16-12-25(7-6-17(16)29-24-20)21(26)13-4-5-18-19(10-13)28-9-8-27-18/h1-5,10-11H,6-9,12H2,(H,23,24). The Bertz CT molecular complexity index is 1080. The molecule has 148 valence electrons. The molecule has 7 nitrogen and oxygen atoms in total. The molecule has 0 saturated heterocycles. The Morgan fingerprint density at radius 2 is 1.97 bits per heavy atom. The van der Waals surface area contributed by atoms with Gasteiger partial charge in [-0.05, 0) is 36.4 Å². The number of amides is 1. The normalized spacial score (nSPS) is 15.0. The summed E-state index contributed by atoms with van der Waals surface area (Å²) in [5.74, 6) is 2.00. The van der Waals surface area contributed by atoms with Crippen LogP contribution in [0.15, 0.2) is 47.0 Å². The highest BCUT2D eigenvalue weighted by atomic mass is 19.1. The maximum Gasteiger partial charge on any atom is 0.254 e. The lowest BCUT2D eigenvalue weighted by atomic mass is 10.1. The lowest BCUT2D eigenvalue weighted by Crippen LogP contribution is -2.35. The number of benzene rings is 2. The van der Waals surface area contributed by atoms with Gasteiger partial charge in [-0.15, -0.1) is 0 Å². The number of anilines is 2. The second-order valence-electron chi connectivity index (χ2n) is 6.90. The highest BCUT2D eigenvalue weighted by molar-refractivity contribution is 5.95. The van der Waals surface area contributed by atoms with Crippen LogP contribution in [0.4, 0.5) is 15.9 Å². The van der Waals surface area contributed by atoms with Gasteiger partial charge in [-0.2, -0.15) is 0 Å². The van der Waals surface area contributed by atoms with E-state index in [2.05, 4.69) is 10.5 Å². The average Bonchev–Trinajstić information content (AvgIpc) is 3.15. The van der Waals surface area contributed by atoms with Crippen molar-refractivity contribution in [1.29, 1.82) is 0 Å². The molecular formula is C21H18FN3O4. The molecule has 2 aromatic carbocycles. The zero-order valence-corrected chi connectivity index (χ0v) is 15.5. The SMILES string of the molecule is O=C(c1ccc2c(c1)OCCO2)N1CCc2onc(Nc3cccc(F)c3)c2C1. The number of nitrogens with zero attached hydrogens (tertiary/aromatic N) is 2. The average molecular weight is 395 g/mol. The van der Waals surface area contributed by atoms with Crippen molar-refractivity contribution in [3.63, 3.8) is 0 Å². The Balaban J connectivity index is 1.36. The molecular weight excluding hydrogens is 377 g/mol. The Hall–Kier alpha value is -3.55. The Kier molecular flexibility index (Phi) is 4.31. The van der Waals surface area contributed by atoms with Gasteiger partial charge in [-0.25, -0.2) is 4.39 Å². The van der Waals surface area contributed by atoms with Crippen LogP contribution in [0.5, 0.6) is 11.5 Å². The first kappa shape index (κ1) is 17.5. The summed E-state index contributed by atoms with van der Waals surface area (Å²) in [6.45, 7) is 1.84. The van der Waals surface area contributed by atoms with E-state index in [4.69, 9.17) is 14.0 Å². The molecule has 1 amide bonds. The van der Waals surface area contributed by atoms with Crippen molar-refractivity contribution < 1.29 is 23.2 Å². The molecule has 0 spiro atoms. The van der Waals surface area contributed by atoms with Crippen LogP contribution < -0.4 is 14.8 Å². The first-order valence-corrected chi connectivity index (χ1v) is 9.36. The van der Waals surface area contributed by atoms with Crippen LogP contribution in [0.25, 0.3) is 0 Å². The van der Waals surface area contributed by atoms with E-state index in [1.54, 1.807) is 35.2 Å². The smallest absolute Gasteiger partial charge is 0.254 e. The Morgan fingerprint density at radius 1 is 1.10 bits per heavy atom. The van der Waals surface area contributed by atoms with E-state index in [1.165, 1.54) is 12.1 Å². The van der Waals surface area contributed by atoms with Gasteiger partial charge in [-0.1, -0.05) is 11.2 Å². The monoisotopic (exact) mass is 395 g/mol. The number of ether oxygens (including phenoxy) is 2. The van der Waals surface area contributed by atoms with E-state index in [0.29, 0.717) is 61.3 Å². The summed E-state index contributed by atoms with van der Waals surface area (Å²) in [6.07, 6.45) is 0.559. The maximum atomic E-state index is 13.5. The number of hydrogen-bond donors (Lipinski definition) is 1. The van der Waals surface area contributed by atoms with Crippen molar-refractivity contribution in [2.75, 3.05) is 25.1 Å². The van der Waals surface area contributed by atoms with Crippen LogP contribution in [0, 0.1) is 5.82 Å². The van der Waals surface area contributed by atoms with Gasteiger partial charge in [0.2, 0.25) is 0 Å². The number of nitrogens with one attached hydrogen (secondary N) is 1. The van der Waals surface area contributed by atoms with Gasteiger partial charge in [0.05, 0.1) is 12.1 Å².